The zero-order valence-electron chi connectivity index (χ0n) is 12.9. The second kappa shape index (κ2) is 5.73. The highest BCUT2D eigenvalue weighted by molar-refractivity contribution is 7.91. The minimum atomic E-state index is -3.55. The zero-order valence-corrected chi connectivity index (χ0v) is 13.7. The first-order valence-electron chi connectivity index (χ1n) is 7.19. The molecule has 2 rings (SSSR count). The van der Waals surface area contributed by atoms with Gasteiger partial charge in [0.2, 0.25) is 0 Å². The van der Waals surface area contributed by atoms with E-state index in [0.29, 0.717) is 5.56 Å². The van der Waals surface area contributed by atoms with Gasteiger partial charge in [-0.3, -0.25) is 4.79 Å². The van der Waals surface area contributed by atoms with Crippen molar-refractivity contribution >= 4 is 15.8 Å². The first kappa shape index (κ1) is 16.5. The van der Waals surface area contributed by atoms with Crippen molar-refractivity contribution in [2.24, 2.45) is 5.41 Å². The van der Waals surface area contributed by atoms with Crippen LogP contribution in [-0.2, 0) is 25.8 Å². The molecular weight excluding hydrogens is 302 g/mol. The predicted octanol–water partition coefficient (Wildman–Crippen LogP) is 1.83. The van der Waals surface area contributed by atoms with Crippen molar-refractivity contribution < 1.29 is 17.9 Å². The van der Waals surface area contributed by atoms with Gasteiger partial charge in [0.25, 0.3) is 0 Å². The van der Waals surface area contributed by atoms with Crippen LogP contribution in [0.15, 0.2) is 24.3 Å². The number of nitrogens with zero attached hydrogens (tertiary/aromatic N) is 1. The van der Waals surface area contributed by atoms with Gasteiger partial charge in [0.05, 0.1) is 12.7 Å². The summed E-state index contributed by atoms with van der Waals surface area (Å²) < 4.78 is 29.0. The van der Waals surface area contributed by atoms with Crippen LogP contribution in [0.5, 0.6) is 0 Å². The quantitative estimate of drug-likeness (QED) is 0.773. The third kappa shape index (κ3) is 2.50. The smallest absolute Gasteiger partial charge is 0.328 e. The first-order valence-corrected chi connectivity index (χ1v) is 9.14. The van der Waals surface area contributed by atoms with Crippen molar-refractivity contribution in [3.63, 3.8) is 0 Å². The molecule has 3 atom stereocenters. The number of hydrogen-bond acceptors (Lipinski definition) is 5. The summed E-state index contributed by atoms with van der Waals surface area (Å²) in [5, 5.41) is 8.46. The molecule has 1 aromatic carbocycles. The van der Waals surface area contributed by atoms with Crippen LogP contribution < -0.4 is 0 Å². The van der Waals surface area contributed by atoms with Crippen molar-refractivity contribution in [1.82, 2.24) is 0 Å². The Kier molecular flexibility index (Phi) is 4.30. The Morgan fingerprint density at radius 1 is 1.32 bits per heavy atom. The van der Waals surface area contributed by atoms with Gasteiger partial charge in [0, 0.05) is 12.2 Å². The second-order valence-electron chi connectivity index (χ2n) is 5.52. The van der Waals surface area contributed by atoms with Crippen LogP contribution in [-0.4, -0.2) is 32.5 Å². The van der Waals surface area contributed by atoms with Crippen molar-refractivity contribution in [2.45, 2.75) is 31.4 Å². The van der Waals surface area contributed by atoms with Gasteiger partial charge < -0.3 is 4.74 Å². The minimum Gasteiger partial charge on any atom is -0.465 e. The lowest BCUT2D eigenvalue weighted by atomic mass is 9.99. The van der Waals surface area contributed by atoms with Gasteiger partial charge in [-0.1, -0.05) is 31.2 Å². The van der Waals surface area contributed by atoms with E-state index in [4.69, 9.17) is 4.74 Å². The number of ether oxygens (including phenoxy) is 1. The summed E-state index contributed by atoms with van der Waals surface area (Å²) in [6.45, 7) is 3.76. The number of hydrogen-bond donors (Lipinski definition) is 0. The van der Waals surface area contributed by atoms with Gasteiger partial charge in [0.1, 0.15) is 5.25 Å². The molecule has 0 unspecified atom stereocenters. The number of rotatable bonds is 5. The second-order valence-corrected chi connectivity index (χ2v) is 7.69. The van der Waals surface area contributed by atoms with E-state index < -0.39 is 32.4 Å². The van der Waals surface area contributed by atoms with Crippen LogP contribution in [0, 0.1) is 16.7 Å². The topological polar surface area (TPSA) is 84.2 Å². The van der Waals surface area contributed by atoms with E-state index in [2.05, 4.69) is 0 Å². The molecule has 1 saturated carbocycles. The lowest BCUT2D eigenvalue weighted by Crippen LogP contribution is -2.24. The van der Waals surface area contributed by atoms with Gasteiger partial charge in [0.15, 0.2) is 15.3 Å². The van der Waals surface area contributed by atoms with E-state index in [1.165, 1.54) is 0 Å². The van der Waals surface area contributed by atoms with Gasteiger partial charge >= 0.3 is 5.97 Å². The van der Waals surface area contributed by atoms with E-state index in [1.54, 1.807) is 19.1 Å². The normalized spacial score (nSPS) is 27.0. The summed E-state index contributed by atoms with van der Waals surface area (Å²) in [5.41, 5.74) is 0.165. The van der Waals surface area contributed by atoms with Gasteiger partial charge in [-0.2, -0.15) is 5.26 Å². The summed E-state index contributed by atoms with van der Waals surface area (Å²) in [5.74, 6) is -1.42. The average molecular weight is 321 g/mol. The Morgan fingerprint density at radius 3 is 2.32 bits per heavy atom. The zero-order chi connectivity index (χ0) is 16.5. The molecule has 1 aliphatic rings. The van der Waals surface area contributed by atoms with Crippen molar-refractivity contribution in [1.29, 1.82) is 5.26 Å². The highest BCUT2D eigenvalue weighted by Crippen LogP contribution is 2.63. The first-order chi connectivity index (χ1) is 10.3. The Morgan fingerprint density at radius 2 is 1.91 bits per heavy atom. The van der Waals surface area contributed by atoms with Crippen LogP contribution in [0.25, 0.3) is 0 Å². The number of sulfone groups is 1. The molecule has 0 radical (unpaired) electrons. The monoisotopic (exact) mass is 321 g/mol. The van der Waals surface area contributed by atoms with E-state index >= 15 is 0 Å². The lowest BCUT2D eigenvalue weighted by molar-refractivity contribution is -0.147. The van der Waals surface area contributed by atoms with Crippen LogP contribution in [0.4, 0.5) is 0 Å². The maximum atomic E-state index is 12.2. The molecule has 22 heavy (non-hydrogen) atoms. The standard InChI is InChI=1S/C16H19NO4S/c1-4-11-6-8-12(9-7-11)13-14(22(3,19)20)16(13,10-17)15(18)21-5-2/h6-9,13-14H,4-5H2,1-3H3/t13-,14-,16+/m0/s1. The molecule has 0 aliphatic heterocycles. The summed E-state index contributed by atoms with van der Waals surface area (Å²) >= 11 is 0. The molecule has 0 aromatic heterocycles. The Hall–Kier alpha value is -1.87. The third-order valence-electron chi connectivity index (χ3n) is 4.14. The van der Waals surface area contributed by atoms with Crippen molar-refractivity contribution in [3.05, 3.63) is 35.4 Å². The summed E-state index contributed by atoms with van der Waals surface area (Å²) in [4.78, 5) is 12.2. The molecule has 1 aromatic rings. The van der Waals surface area contributed by atoms with Crippen molar-refractivity contribution in [3.8, 4) is 6.07 Å². The maximum absolute atomic E-state index is 12.2. The van der Waals surface area contributed by atoms with Crippen LogP contribution in [0.2, 0.25) is 0 Å². The fourth-order valence-electron chi connectivity index (χ4n) is 3.01. The number of benzene rings is 1. The lowest BCUT2D eigenvalue weighted by Gasteiger charge is -2.08. The molecular formula is C16H19NO4S. The molecule has 6 heteroatoms. The summed E-state index contributed by atoms with van der Waals surface area (Å²) in [6.07, 6.45) is 1.92. The van der Waals surface area contributed by atoms with E-state index in [9.17, 15) is 18.5 Å². The molecule has 0 amide bonds. The fourth-order valence-corrected chi connectivity index (χ4v) is 4.77. The number of carbonyl (C=O) groups excluding carboxylic acids is 1. The molecule has 0 saturated heterocycles. The minimum absolute atomic E-state index is 0.111. The molecule has 0 bridgehead atoms. The number of esters is 1. The predicted molar refractivity (Wildman–Crippen MR) is 81.9 cm³/mol. The van der Waals surface area contributed by atoms with E-state index in [1.807, 2.05) is 25.1 Å². The number of carbonyl (C=O) groups is 1. The van der Waals surface area contributed by atoms with Gasteiger partial charge in [-0.15, -0.1) is 0 Å². The van der Waals surface area contributed by atoms with Crippen LogP contribution in [0.3, 0.4) is 0 Å². The van der Waals surface area contributed by atoms with Gasteiger partial charge in [-0.25, -0.2) is 8.42 Å². The molecule has 0 heterocycles. The highest BCUT2D eigenvalue weighted by Gasteiger charge is 2.76. The maximum Gasteiger partial charge on any atom is 0.328 e. The molecule has 1 aliphatic carbocycles. The van der Waals surface area contributed by atoms with Gasteiger partial charge in [-0.05, 0) is 24.5 Å². The van der Waals surface area contributed by atoms with E-state index in [0.717, 1.165) is 18.2 Å². The SMILES string of the molecule is CCOC(=O)[C@]1(C#N)[C@@H](c2ccc(CC)cc2)[C@@H]1S(C)(=O)=O. The Balaban J connectivity index is 2.47. The summed E-state index contributed by atoms with van der Waals surface area (Å²) in [7, 11) is -3.55. The molecule has 118 valence electrons. The Bertz CT molecular complexity index is 718. The summed E-state index contributed by atoms with van der Waals surface area (Å²) in [6, 6.07) is 9.28. The van der Waals surface area contributed by atoms with Crippen molar-refractivity contribution in [2.75, 3.05) is 12.9 Å². The molecule has 1 fully saturated rings. The highest BCUT2D eigenvalue weighted by atomic mass is 32.2. The van der Waals surface area contributed by atoms with Crippen LogP contribution in [0.1, 0.15) is 30.9 Å². The number of aryl methyl sites for hydroxylation is 1. The fraction of sp³-hybridized carbons (Fsp3) is 0.500. The molecule has 5 nitrogen and oxygen atoms in total. The largest absolute Gasteiger partial charge is 0.465 e. The van der Waals surface area contributed by atoms with Crippen LogP contribution >= 0.6 is 0 Å². The number of nitriles is 1. The third-order valence-corrected chi connectivity index (χ3v) is 5.71. The molecule has 0 N–H and O–H groups in total. The average Bonchev–Trinajstić information content (AvgIpc) is 3.18. The Labute approximate surface area is 130 Å². The molecule has 0 spiro atoms. The van der Waals surface area contributed by atoms with E-state index in [-0.39, 0.29) is 6.61 Å².